The Bertz CT molecular complexity index is 406. The SMILES string of the molecule is CC(=O)NCc1cc(F)ccc1[N+](=O)[O-]. The molecule has 0 saturated heterocycles. The second kappa shape index (κ2) is 4.50. The van der Waals surface area contributed by atoms with Gasteiger partial charge < -0.3 is 5.32 Å². The number of hydrogen-bond acceptors (Lipinski definition) is 3. The minimum absolute atomic E-state index is 0.0522. The molecule has 1 aromatic carbocycles. The monoisotopic (exact) mass is 212 g/mol. The maximum Gasteiger partial charge on any atom is 0.274 e. The Morgan fingerprint density at radius 1 is 1.60 bits per heavy atom. The number of carbonyl (C=O) groups excluding carboxylic acids is 1. The number of nitro benzene ring substituents is 1. The van der Waals surface area contributed by atoms with Crippen LogP contribution in [0.3, 0.4) is 0 Å². The molecule has 5 nitrogen and oxygen atoms in total. The number of carbonyl (C=O) groups is 1. The van der Waals surface area contributed by atoms with Gasteiger partial charge in [0.1, 0.15) is 5.82 Å². The molecule has 1 amide bonds. The fraction of sp³-hybridized carbons (Fsp3) is 0.222. The average Bonchev–Trinajstić information content (AvgIpc) is 2.14. The first-order chi connectivity index (χ1) is 7.00. The highest BCUT2D eigenvalue weighted by atomic mass is 19.1. The molecule has 0 aromatic heterocycles. The number of hydrogen-bond donors (Lipinski definition) is 1. The van der Waals surface area contributed by atoms with Crippen molar-refractivity contribution in [1.82, 2.24) is 5.32 Å². The van der Waals surface area contributed by atoms with E-state index in [1.165, 1.54) is 6.92 Å². The van der Waals surface area contributed by atoms with E-state index in [1.54, 1.807) is 0 Å². The lowest BCUT2D eigenvalue weighted by Gasteiger charge is -2.03. The quantitative estimate of drug-likeness (QED) is 0.607. The molecule has 0 unspecified atom stereocenters. The summed E-state index contributed by atoms with van der Waals surface area (Å²) >= 11 is 0. The number of amides is 1. The summed E-state index contributed by atoms with van der Waals surface area (Å²) in [6, 6.07) is 3.12. The van der Waals surface area contributed by atoms with Crippen molar-refractivity contribution in [3.8, 4) is 0 Å². The normalized spacial score (nSPS) is 9.73. The molecule has 6 heteroatoms. The molecular formula is C9H9FN2O3. The van der Waals surface area contributed by atoms with Crippen LogP contribution in [0.5, 0.6) is 0 Å². The van der Waals surface area contributed by atoms with E-state index in [0.717, 1.165) is 18.2 Å². The Labute approximate surface area is 85.1 Å². The van der Waals surface area contributed by atoms with Crippen LogP contribution in [-0.4, -0.2) is 10.8 Å². The molecule has 0 saturated carbocycles. The van der Waals surface area contributed by atoms with Gasteiger partial charge in [-0.05, 0) is 12.1 Å². The van der Waals surface area contributed by atoms with Crippen LogP contribution in [0.15, 0.2) is 18.2 Å². The first kappa shape index (κ1) is 11.1. The lowest BCUT2D eigenvalue weighted by Crippen LogP contribution is -2.19. The van der Waals surface area contributed by atoms with Gasteiger partial charge in [0.25, 0.3) is 5.69 Å². The van der Waals surface area contributed by atoms with Crippen LogP contribution in [0.4, 0.5) is 10.1 Å². The van der Waals surface area contributed by atoms with Crippen molar-refractivity contribution < 1.29 is 14.1 Å². The van der Waals surface area contributed by atoms with Crippen molar-refractivity contribution in [2.24, 2.45) is 0 Å². The summed E-state index contributed by atoms with van der Waals surface area (Å²) in [6.07, 6.45) is 0. The third-order valence-corrected chi connectivity index (χ3v) is 1.77. The van der Waals surface area contributed by atoms with Crippen molar-refractivity contribution in [2.45, 2.75) is 13.5 Å². The smallest absolute Gasteiger partial charge is 0.274 e. The van der Waals surface area contributed by atoms with E-state index < -0.39 is 10.7 Å². The summed E-state index contributed by atoms with van der Waals surface area (Å²) in [7, 11) is 0. The molecular weight excluding hydrogens is 203 g/mol. The number of nitrogens with one attached hydrogen (secondary N) is 1. The third-order valence-electron chi connectivity index (χ3n) is 1.77. The van der Waals surface area contributed by atoms with E-state index in [9.17, 15) is 19.3 Å². The summed E-state index contributed by atoms with van der Waals surface area (Å²) < 4.78 is 12.8. The minimum Gasteiger partial charge on any atom is -0.352 e. The third kappa shape index (κ3) is 3.01. The van der Waals surface area contributed by atoms with Crippen LogP contribution in [0.25, 0.3) is 0 Å². The van der Waals surface area contributed by atoms with Gasteiger partial charge in [0.15, 0.2) is 0 Å². The van der Waals surface area contributed by atoms with Gasteiger partial charge in [-0.3, -0.25) is 14.9 Å². The van der Waals surface area contributed by atoms with Gasteiger partial charge in [0, 0.05) is 19.5 Å². The zero-order chi connectivity index (χ0) is 11.4. The molecule has 0 aliphatic carbocycles. The molecule has 0 aliphatic rings. The molecule has 0 heterocycles. The summed E-state index contributed by atoms with van der Waals surface area (Å²) in [5.74, 6) is -0.894. The molecule has 80 valence electrons. The molecule has 0 radical (unpaired) electrons. The molecule has 0 aliphatic heterocycles. The second-order valence-corrected chi connectivity index (χ2v) is 2.94. The van der Waals surface area contributed by atoms with Crippen molar-refractivity contribution in [3.05, 3.63) is 39.7 Å². The fourth-order valence-electron chi connectivity index (χ4n) is 1.09. The zero-order valence-electron chi connectivity index (χ0n) is 7.99. The van der Waals surface area contributed by atoms with Gasteiger partial charge in [-0.15, -0.1) is 0 Å². The van der Waals surface area contributed by atoms with E-state index in [1.807, 2.05) is 0 Å². The molecule has 1 rings (SSSR count). The maximum atomic E-state index is 12.8. The molecule has 0 atom stereocenters. The topological polar surface area (TPSA) is 72.2 Å². The van der Waals surface area contributed by atoms with Crippen molar-refractivity contribution in [2.75, 3.05) is 0 Å². The predicted octanol–water partition coefficient (Wildman–Crippen LogP) is 1.37. The fourth-order valence-corrected chi connectivity index (χ4v) is 1.09. The van der Waals surface area contributed by atoms with E-state index in [2.05, 4.69) is 5.32 Å². The highest BCUT2D eigenvalue weighted by Crippen LogP contribution is 2.19. The Morgan fingerprint density at radius 2 is 2.27 bits per heavy atom. The van der Waals surface area contributed by atoms with E-state index in [0.29, 0.717) is 0 Å². The minimum atomic E-state index is -0.614. The maximum absolute atomic E-state index is 12.8. The second-order valence-electron chi connectivity index (χ2n) is 2.94. The Kier molecular flexibility index (Phi) is 3.33. The highest BCUT2D eigenvalue weighted by Gasteiger charge is 2.14. The van der Waals surface area contributed by atoms with Crippen LogP contribution in [0.2, 0.25) is 0 Å². The number of benzene rings is 1. The first-order valence-electron chi connectivity index (χ1n) is 4.18. The van der Waals surface area contributed by atoms with Crippen LogP contribution in [0, 0.1) is 15.9 Å². The lowest BCUT2D eigenvalue weighted by molar-refractivity contribution is -0.385. The van der Waals surface area contributed by atoms with E-state index in [-0.39, 0.29) is 23.7 Å². The Hall–Kier alpha value is -1.98. The van der Waals surface area contributed by atoms with Crippen LogP contribution >= 0.6 is 0 Å². The largest absolute Gasteiger partial charge is 0.352 e. The van der Waals surface area contributed by atoms with Gasteiger partial charge >= 0.3 is 0 Å². The van der Waals surface area contributed by atoms with Gasteiger partial charge in [-0.25, -0.2) is 4.39 Å². The number of nitrogens with zero attached hydrogens (tertiary/aromatic N) is 1. The van der Waals surface area contributed by atoms with Crippen LogP contribution in [-0.2, 0) is 11.3 Å². The molecule has 15 heavy (non-hydrogen) atoms. The molecule has 0 bridgehead atoms. The molecule has 1 N–H and O–H groups in total. The highest BCUT2D eigenvalue weighted by molar-refractivity contribution is 5.72. The first-order valence-corrected chi connectivity index (χ1v) is 4.18. The van der Waals surface area contributed by atoms with Gasteiger partial charge in [-0.2, -0.15) is 0 Å². The summed E-state index contributed by atoms with van der Waals surface area (Å²) in [6.45, 7) is 1.23. The molecule has 1 aromatic rings. The lowest BCUT2D eigenvalue weighted by atomic mass is 10.1. The van der Waals surface area contributed by atoms with Crippen LogP contribution in [0.1, 0.15) is 12.5 Å². The average molecular weight is 212 g/mol. The van der Waals surface area contributed by atoms with Crippen molar-refractivity contribution >= 4 is 11.6 Å². The van der Waals surface area contributed by atoms with Crippen molar-refractivity contribution in [3.63, 3.8) is 0 Å². The van der Waals surface area contributed by atoms with Crippen LogP contribution < -0.4 is 5.32 Å². The van der Waals surface area contributed by atoms with E-state index >= 15 is 0 Å². The van der Waals surface area contributed by atoms with Crippen molar-refractivity contribution in [1.29, 1.82) is 0 Å². The van der Waals surface area contributed by atoms with Gasteiger partial charge in [0.2, 0.25) is 5.91 Å². The molecule has 0 fully saturated rings. The number of halogens is 1. The Morgan fingerprint density at radius 3 is 2.80 bits per heavy atom. The standard InChI is InChI=1S/C9H9FN2O3/c1-6(13)11-5-7-4-8(10)2-3-9(7)12(14)15/h2-4H,5H2,1H3,(H,11,13). The predicted molar refractivity (Wildman–Crippen MR) is 50.6 cm³/mol. The van der Waals surface area contributed by atoms with Gasteiger partial charge in [0.05, 0.1) is 10.5 Å². The summed E-state index contributed by atoms with van der Waals surface area (Å²) in [4.78, 5) is 20.5. The summed E-state index contributed by atoms with van der Waals surface area (Å²) in [5, 5.41) is 12.9. The Balaban J connectivity index is 2.96. The number of nitro groups is 1. The molecule has 0 spiro atoms. The van der Waals surface area contributed by atoms with Gasteiger partial charge in [-0.1, -0.05) is 0 Å². The number of rotatable bonds is 3. The zero-order valence-corrected chi connectivity index (χ0v) is 7.99. The summed E-state index contributed by atoms with van der Waals surface area (Å²) in [5.41, 5.74) is -0.0552. The van der Waals surface area contributed by atoms with E-state index in [4.69, 9.17) is 0 Å².